The van der Waals surface area contributed by atoms with E-state index in [-0.39, 0.29) is 12.5 Å². The minimum absolute atomic E-state index is 0.0761. The lowest BCUT2D eigenvalue weighted by Crippen LogP contribution is -2.49. The number of rotatable bonds is 4. The summed E-state index contributed by atoms with van der Waals surface area (Å²) >= 11 is 0. The number of nitrogens with two attached hydrogens (primary N) is 1. The molecule has 0 aliphatic carbocycles. The van der Waals surface area contributed by atoms with Crippen LogP contribution in [-0.4, -0.2) is 60.1 Å². The Morgan fingerprint density at radius 2 is 1.79 bits per heavy atom. The number of carbonyl (C=O) groups excluding carboxylic acids is 1. The van der Waals surface area contributed by atoms with E-state index in [1.165, 1.54) is 0 Å². The van der Waals surface area contributed by atoms with Gasteiger partial charge >= 0.3 is 0 Å². The van der Waals surface area contributed by atoms with Gasteiger partial charge in [0.25, 0.3) is 5.91 Å². The van der Waals surface area contributed by atoms with Crippen LogP contribution in [0, 0.1) is 0 Å². The van der Waals surface area contributed by atoms with E-state index < -0.39 is 0 Å². The number of β-amino-alcohol motifs (C(OH)–C–C–N with tert-alkyl or cyclic N) is 1. The maximum absolute atomic E-state index is 12.3. The Kier molecular flexibility index (Phi) is 4.90. The fourth-order valence-electron chi connectivity index (χ4n) is 2.28. The molecule has 5 heteroatoms. The van der Waals surface area contributed by atoms with Crippen molar-refractivity contribution >= 4 is 5.91 Å². The van der Waals surface area contributed by atoms with Crippen molar-refractivity contribution in [1.82, 2.24) is 9.80 Å². The summed E-state index contributed by atoms with van der Waals surface area (Å²) in [5, 5.41) is 8.89. The molecule has 1 aromatic rings. The van der Waals surface area contributed by atoms with Crippen LogP contribution in [0.1, 0.15) is 15.9 Å². The molecule has 19 heavy (non-hydrogen) atoms. The van der Waals surface area contributed by atoms with Gasteiger partial charge in [-0.3, -0.25) is 9.69 Å². The van der Waals surface area contributed by atoms with Crippen molar-refractivity contribution in [3.05, 3.63) is 35.4 Å². The van der Waals surface area contributed by atoms with Crippen LogP contribution in [0.4, 0.5) is 0 Å². The highest BCUT2D eigenvalue weighted by molar-refractivity contribution is 5.94. The summed E-state index contributed by atoms with van der Waals surface area (Å²) in [6, 6.07) is 7.47. The second-order valence-corrected chi connectivity index (χ2v) is 4.76. The maximum atomic E-state index is 12.3. The quantitative estimate of drug-likeness (QED) is 0.795. The van der Waals surface area contributed by atoms with Gasteiger partial charge in [0.05, 0.1) is 6.61 Å². The van der Waals surface area contributed by atoms with Crippen molar-refractivity contribution in [2.75, 3.05) is 39.3 Å². The third-order valence-electron chi connectivity index (χ3n) is 3.51. The topological polar surface area (TPSA) is 69.8 Å². The average Bonchev–Trinajstić information content (AvgIpc) is 2.48. The van der Waals surface area contributed by atoms with Crippen LogP contribution < -0.4 is 5.73 Å². The number of nitrogens with zero attached hydrogens (tertiary/aromatic N) is 2. The minimum Gasteiger partial charge on any atom is -0.395 e. The summed E-state index contributed by atoms with van der Waals surface area (Å²) in [6.45, 7) is 4.45. The van der Waals surface area contributed by atoms with Gasteiger partial charge in [0.15, 0.2) is 0 Å². The molecule has 3 N–H and O–H groups in total. The van der Waals surface area contributed by atoms with Gasteiger partial charge in [-0.15, -0.1) is 0 Å². The highest BCUT2D eigenvalue weighted by Gasteiger charge is 2.21. The van der Waals surface area contributed by atoms with E-state index in [9.17, 15) is 4.79 Å². The average molecular weight is 263 g/mol. The van der Waals surface area contributed by atoms with Gasteiger partial charge in [0.2, 0.25) is 0 Å². The molecule has 1 aliphatic rings. The number of hydrogen-bond acceptors (Lipinski definition) is 4. The molecule has 104 valence electrons. The molecule has 1 aromatic carbocycles. The van der Waals surface area contributed by atoms with Gasteiger partial charge in [-0.05, 0) is 17.7 Å². The van der Waals surface area contributed by atoms with Crippen molar-refractivity contribution in [2.45, 2.75) is 6.54 Å². The first-order valence-corrected chi connectivity index (χ1v) is 6.66. The van der Waals surface area contributed by atoms with E-state index in [1.807, 2.05) is 29.2 Å². The van der Waals surface area contributed by atoms with Gasteiger partial charge in [-0.25, -0.2) is 0 Å². The fraction of sp³-hybridized carbons (Fsp3) is 0.500. The molecule has 5 nitrogen and oxygen atoms in total. The Morgan fingerprint density at radius 1 is 1.16 bits per heavy atom. The molecule has 1 amide bonds. The molecule has 1 aliphatic heterocycles. The van der Waals surface area contributed by atoms with Crippen LogP contribution in [0.5, 0.6) is 0 Å². The second kappa shape index (κ2) is 6.65. The molecule has 1 saturated heterocycles. The molecule has 0 saturated carbocycles. The van der Waals surface area contributed by atoms with Gasteiger partial charge < -0.3 is 15.7 Å². The van der Waals surface area contributed by atoms with Crippen LogP contribution in [0.3, 0.4) is 0 Å². The Balaban J connectivity index is 1.93. The summed E-state index contributed by atoms with van der Waals surface area (Å²) in [4.78, 5) is 16.3. The van der Waals surface area contributed by atoms with Gasteiger partial charge in [0, 0.05) is 44.8 Å². The molecular formula is C14H21N3O2. The van der Waals surface area contributed by atoms with Crippen LogP contribution in [0.2, 0.25) is 0 Å². The van der Waals surface area contributed by atoms with Crippen molar-refractivity contribution in [3.8, 4) is 0 Å². The Labute approximate surface area is 113 Å². The molecule has 0 aromatic heterocycles. The first kappa shape index (κ1) is 14.0. The number of benzene rings is 1. The fourth-order valence-corrected chi connectivity index (χ4v) is 2.28. The van der Waals surface area contributed by atoms with Crippen molar-refractivity contribution in [1.29, 1.82) is 0 Å². The standard InChI is InChI=1S/C14H21N3O2/c15-11-12-1-3-13(4-2-12)14(19)17-7-5-16(6-8-17)9-10-18/h1-4,18H,5-11,15H2. The lowest BCUT2D eigenvalue weighted by molar-refractivity contribution is 0.0615. The van der Waals surface area contributed by atoms with E-state index >= 15 is 0 Å². The number of aliphatic hydroxyl groups is 1. The Morgan fingerprint density at radius 3 is 2.32 bits per heavy atom. The molecule has 0 unspecified atom stereocenters. The summed E-state index contributed by atoms with van der Waals surface area (Å²) in [5.74, 6) is 0.0761. The molecule has 1 heterocycles. The number of hydrogen-bond donors (Lipinski definition) is 2. The highest BCUT2D eigenvalue weighted by atomic mass is 16.3. The summed E-state index contributed by atoms with van der Waals surface area (Å²) in [6.07, 6.45) is 0. The van der Waals surface area contributed by atoms with Crippen LogP contribution >= 0.6 is 0 Å². The van der Waals surface area contributed by atoms with E-state index in [4.69, 9.17) is 10.8 Å². The first-order chi connectivity index (χ1) is 9.24. The van der Waals surface area contributed by atoms with E-state index in [0.717, 1.165) is 31.7 Å². The lowest BCUT2D eigenvalue weighted by atomic mass is 10.1. The van der Waals surface area contributed by atoms with Crippen molar-refractivity contribution in [3.63, 3.8) is 0 Å². The van der Waals surface area contributed by atoms with Crippen molar-refractivity contribution in [2.24, 2.45) is 5.73 Å². The molecule has 2 rings (SSSR count). The van der Waals surface area contributed by atoms with Crippen LogP contribution in [0.15, 0.2) is 24.3 Å². The maximum Gasteiger partial charge on any atom is 0.253 e. The summed E-state index contributed by atoms with van der Waals surface area (Å²) in [7, 11) is 0. The van der Waals surface area contributed by atoms with E-state index in [0.29, 0.717) is 18.7 Å². The summed E-state index contributed by atoms with van der Waals surface area (Å²) in [5.41, 5.74) is 7.29. The number of amides is 1. The van der Waals surface area contributed by atoms with E-state index in [1.54, 1.807) is 0 Å². The largest absolute Gasteiger partial charge is 0.395 e. The molecule has 0 radical (unpaired) electrons. The Hall–Kier alpha value is -1.43. The van der Waals surface area contributed by atoms with Gasteiger partial charge in [-0.1, -0.05) is 12.1 Å². The predicted octanol–water partition coefficient (Wildman–Crippen LogP) is -0.105. The Bertz CT molecular complexity index is 411. The van der Waals surface area contributed by atoms with Crippen LogP contribution in [-0.2, 0) is 6.54 Å². The minimum atomic E-state index is 0.0761. The normalized spacial score (nSPS) is 16.6. The molecule has 1 fully saturated rings. The second-order valence-electron chi connectivity index (χ2n) is 4.76. The molecule has 0 bridgehead atoms. The lowest BCUT2D eigenvalue weighted by Gasteiger charge is -2.34. The summed E-state index contributed by atoms with van der Waals surface area (Å²) < 4.78 is 0. The monoisotopic (exact) mass is 263 g/mol. The third-order valence-corrected chi connectivity index (χ3v) is 3.51. The van der Waals surface area contributed by atoms with E-state index in [2.05, 4.69) is 4.90 Å². The third kappa shape index (κ3) is 3.53. The predicted molar refractivity (Wildman–Crippen MR) is 73.8 cm³/mol. The van der Waals surface area contributed by atoms with Gasteiger partial charge in [0.1, 0.15) is 0 Å². The van der Waals surface area contributed by atoms with Crippen LogP contribution in [0.25, 0.3) is 0 Å². The van der Waals surface area contributed by atoms with Crippen molar-refractivity contribution < 1.29 is 9.90 Å². The number of piperazine rings is 1. The molecule has 0 atom stereocenters. The zero-order valence-corrected chi connectivity index (χ0v) is 11.1. The highest BCUT2D eigenvalue weighted by Crippen LogP contribution is 2.10. The number of aliphatic hydroxyl groups excluding tert-OH is 1. The van der Waals surface area contributed by atoms with Gasteiger partial charge in [-0.2, -0.15) is 0 Å². The SMILES string of the molecule is NCc1ccc(C(=O)N2CCN(CCO)CC2)cc1. The zero-order valence-electron chi connectivity index (χ0n) is 11.1. The zero-order chi connectivity index (χ0) is 13.7. The molecule has 0 spiro atoms. The number of carbonyl (C=O) groups is 1. The molecular weight excluding hydrogens is 242 g/mol. The smallest absolute Gasteiger partial charge is 0.253 e. The first-order valence-electron chi connectivity index (χ1n) is 6.66.